The van der Waals surface area contributed by atoms with Gasteiger partial charge in [-0.25, -0.2) is 0 Å². The van der Waals surface area contributed by atoms with Crippen LogP contribution in [-0.4, -0.2) is 28.7 Å². The van der Waals surface area contributed by atoms with Crippen molar-refractivity contribution >= 4 is 11.5 Å². The molecule has 0 aliphatic heterocycles. The van der Waals surface area contributed by atoms with Crippen LogP contribution in [0.15, 0.2) is 69.3 Å². The zero-order chi connectivity index (χ0) is 23.1. The Bertz CT molecular complexity index is 1140. The lowest BCUT2D eigenvalue weighted by atomic mass is 9.95. The molecule has 1 heterocycles. The molecule has 1 aromatic heterocycles. The van der Waals surface area contributed by atoms with Gasteiger partial charge in [0, 0.05) is 29.0 Å². The van der Waals surface area contributed by atoms with Crippen molar-refractivity contribution < 1.29 is 14.1 Å². The van der Waals surface area contributed by atoms with E-state index in [1.54, 1.807) is 6.92 Å². The zero-order valence-electron chi connectivity index (χ0n) is 19.3. The molecule has 3 rings (SSSR count). The lowest BCUT2D eigenvalue weighted by Gasteiger charge is -2.12. The third-order valence-electron chi connectivity index (χ3n) is 5.01. The van der Waals surface area contributed by atoms with Crippen molar-refractivity contribution in [1.29, 1.82) is 0 Å². The molecular formula is C26H29N3O3. The topological polar surface area (TPSA) is 77.6 Å². The molecular weight excluding hydrogens is 402 g/mol. The van der Waals surface area contributed by atoms with Crippen LogP contribution in [0.1, 0.15) is 46.1 Å². The van der Waals surface area contributed by atoms with E-state index in [9.17, 15) is 4.79 Å². The molecule has 0 aliphatic carbocycles. The summed E-state index contributed by atoms with van der Waals surface area (Å²) in [6.45, 7) is 7.64. The summed E-state index contributed by atoms with van der Waals surface area (Å²) in [7, 11) is 1.49. The van der Waals surface area contributed by atoms with Crippen LogP contribution in [-0.2, 0) is 11.2 Å². The number of allylic oxidation sites excluding steroid dienone is 2. The van der Waals surface area contributed by atoms with E-state index in [2.05, 4.69) is 46.3 Å². The number of hydrogen-bond acceptors (Lipinski definition) is 6. The largest absolute Gasteiger partial charge is 0.452 e. The van der Waals surface area contributed by atoms with Gasteiger partial charge < -0.3 is 4.74 Å². The van der Waals surface area contributed by atoms with E-state index >= 15 is 0 Å². The van der Waals surface area contributed by atoms with Gasteiger partial charge in [-0.2, -0.15) is 4.98 Å². The molecule has 0 aliphatic rings. The number of carbonyl (C=O) groups is 1. The molecule has 0 amide bonds. The van der Waals surface area contributed by atoms with Crippen LogP contribution >= 0.6 is 0 Å². The van der Waals surface area contributed by atoms with E-state index in [0.717, 1.165) is 52.1 Å². The number of hydrogen-bond donors (Lipinski definition) is 0. The molecule has 0 atom stereocenters. The maximum atomic E-state index is 12.4. The summed E-state index contributed by atoms with van der Waals surface area (Å²) >= 11 is 0. The number of benzene rings is 2. The maximum Gasteiger partial charge on any atom is 0.417 e. The molecule has 0 fully saturated rings. The van der Waals surface area contributed by atoms with Gasteiger partial charge in [0.05, 0.1) is 7.11 Å². The number of aromatic nitrogens is 2. The molecule has 6 nitrogen and oxygen atoms in total. The van der Waals surface area contributed by atoms with Gasteiger partial charge in [-0.05, 0) is 43.9 Å². The standard InChI is InChI=1S/C26H29N3O3/c1-6-9-24(27-17(2)3)23(18(4)30)16-19-12-14-20(15-13-19)21-10-7-8-11-22(21)25-28-26(31-5)32-29-25/h7-8,10-15H,6,9,16H2,1-5H3/b24-23-. The zero-order valence-corrected chi connectivity index (χ0v) is 19.3. The van der Waals surface area contributed by atoms with E-state index in [4.69, 9.17) is 9.26 Å². The third-order valence-corrected chi connectivity index (χ3v) is 5.01. The predicted molar refractivity (Wildman–Crippen MR) is 127 cm³/mol. The Labute approximate surface area is 189 Å². The fourth-order valence-corrected chi connectivity index (χ4v) is 3.55. The highest BCUT2D eigenvalue weighted by molar-refractivity contribution is 5.95. The van der Waals surface area contributed by atoms with Gasteiger partial charge in [0.2, 0.25) is 5.82 Å². The quantitative estimate of drug-likeness (QED) is 0.303. The molecule has 0 saturated heterocycles. The molecule has 3 aromatic rings. The van der Waals surface area contributed by atoms with E-state index in [1.807, 2.05) is 38.1 Å². The van der Waals surface area contributed by atoms with Crippen molar-refractivity contribution in [3.8, 4) is 28.6 Å². The summed E-state index contributed by atoms with van der Waals surface area (Å²) in [5.74, 6) is 0.541. The monoisotopic (exact) mass is 431 g/mol. The van der Waals surface area contributed by atoms with Gasteiger partial charge in [-0.3, -0.25) is 14.3 Å². The van der Waals surface area contributed by atoms with E-state index in [-0.39, 0.29) is 11.9 Å². The average molecular weight is 432 g/mol. The molecule has 0 saturated carbocycles. The number of methoxy groups -OCH3 is 1. The van der Waals surface area contributed by atoms with Crippen LogP contribution in [0.2, 0.25) is 0 Å². The molecule has 0 N–H and O–H groups in total. The third kappa shape index (κ3) is 5.58. The van der Waals surface area contributed by atoms with Gasteiger partial charge in [-0.1, -0.05) is 67.0 Å². The Morgan fingerprint density at radius 2 is 1.72 bits per heavy atom. The first-order valence-corrected chi connectivity index (χ1v) is 10.7. The fraction of sp³-hybridized carbons (Fsp3) is 0.308. The molecule has 0 radical (unpaired) electrons. The maximum absolute atomic E-state index is 12.4. The number of nitrogens with zero attached hydrogens (tertiary/aromatic N) is 3. The van der Waals surface area contributed by atoms with Crippen LogP contribution in [0.3, 0.4) is 0 Å². The molecule has 166 valence electrons. The lowest BCUT2D eigenvalue weighted by molar-refractivity contribution is -0.113. The Morgan fingerprint density at radius 3 is 2.28 bits per heavy atom. The van der Waals surface area contributed by atoms with Crippen LogP contribution in [0.25, 0.3) is 22.5 Å². The molecule has 0 bridgehead atoms. The summed E-state index contributed by atoms with van der Waals surface area (Å²) in [5, 5.41) is 4.01. The molecule has 32 heavy (non-hydrogen) atoms. The van der Waals surface area contributed by atoms with E-state index in [0.29, 0.717) is 12.2 Å². The summed E-state index contributed by atoms with van der Waals surface area (Å²) in [5.41, 5.74) is 6.56. The highest BCUT2D eigenvalue weighted by atomic mass is 16.6. The number of Topliss-reactive ketones (excluding diaryl/α,β-unsaturated/α-hetero) is 1. The van der Waals surface area contributed by atoms with Gasteiger partial charge in [-0.15, -0.1) is 0 Å². The minimum atomic E-state index is 0.0684. The van der Waals surface area contributed by atoms with Crippen LogP contribution in [0.5, 0.6) is 6.08 Å². The van der Waals surface area contributed by atoms with Gasteiger partial charge in [0.15, 0.2) is 5.78 Å². The normalized spacial score (nSPS) is 11.7. The molecule has 2 aromatic carbocycles. The van der Waals surface area contributed by atoms with Crippen molar-refractivity contribution in [2.24, 2.45) is 4.99 Å². The minimum absolute atomic E-state index is 0.0684. The molecule has 0 unspecified atom stereocenters. The van der Waals surface area contributed by atoms with E-state index < -0.39 is 0 Å². The second-order valence-corrected chi connectivity index (χ2v) is 7.80. The highest BCUT2D eigenvalue weighted by Crippen LogP contribution is 2.31. The summed E-state index contributed by atoms with van der Waals surface area (Å²) in [4.78, 5) is 21.3. The highest BCUT2D eigenvalue weighted by Gasteiger charge is 2.15. The summed E-state index contributed by atoms with van der Waals surface area (Å²) < 4.78 is 10.1. The van der Waals surface area contributed by atoms with Crippen LogP contribution in [0.4, 0.5) is 0 Å². The second-order valence-electron chi connectivity index (χ2n) is 7.80. The minimum Gasteiger partial charge on any atom is -0.452 e. The Morgan fingerprint density at radius 1 is 1.03 bits per heavy atom. The number of ketones is 1. The Hall–Kier alpha value is -3.54. The summed E-state index contributed by atoms with van der Waals surface area (Å²) in [6, 6.07) is 16.1. The lowest BCUT2D eigenvalue weighted by Crippen LogP contribution is -2.06. The Balaban J connectivity index is 1.93. The predicted octanol–water partition coefficient (Wildman–Crippen LogP) is 6.08. The fourth-order valence-electron chi connectivity index (χ4n) is 3.55. The molecule has 6 heteroatoms. The SMILES string of the molecule is CCC/C(N=C(C)C)=C(\Cc1ccc(-c2ccccc2-c2noc(OC)n2)cc1)C(C)=O. The first kappa shape index (κ1) is 23.1. The number of carbonyl (C=O) groups excluding carboxylic acids is 1. The number of rotatable bonds is 9. The van der Waals surface area contributed by atoms with Crippen LogP contribution < -0.4 is 4.74 Å². The number of ether oxygens (including phenoxy) is 1. The van der Waals surface area contributed by atoms with Crippen molar-refractivity contribution in [3.63, 3.8) is 0 Å². The Kier molecular flexibility index (Phi) is 7.71. The second kappa shape index (κ2) is 10.7. The van der Waals surface area contributed by atoms with Gasteiger partial charge in [0.1, 0.15) is 0 Å². The van der Waals surface area contributed by atoms with Crippen molar-refractivity contribution in [3.05, 3.63) is 65.4 Å². The smallest absolute Gasteiger partial charge is 0.417 e. The van der Waals surface area contributed by atoms with Crippen molar-refractivity contribution in [1.82, 2.24) is 10.1 Å². The van der Waals surface area contributed by atoms with Crippen molar-refractivity contribution in [2.75, 3.05) is 7.11 Å². The van der Waals surface area contributed by atoms with Gasteiger partial charge >= 0.3 is 6.08 Å². The number of aliphatic imine (C=N–C) groups is 1. The van der Waals surface area contributed by atoms with E-state index in [1.165, 1.54) is 7.11 Å². The van der Waals surface area contributed by atoms with Crippen molar-refractivity contribution in [2.45, 2.75) is 47.0 Å². The summed E-state index contributed by atoms with van der Waals surface area (Å²) in [6.07, 6.45) is 2.42. The first-order chi connectivity index (χ1) is 15.4. The van der Waals surface area contributed by atoms with Crippen LogP contribution in [0, 0.1) is 0 Å². The molecule has 0 spiro atoms. The van der Waals surface area contributed by atoms with Gasteiger partial charge in [0.25, 0.3) is 0 Å². The average Bonchev–Trinajstić information content (AvgIpc) is 3.26. The first-order valence-electron chi connectivity index (χ1n) is 10.7.